The second-order valence-electron chi connectivity index (χ2n) is 4.22. The van der Waals surface area contributed by atoms with E-state index in [-0.39, 0.29) is 0 Å². The van der Waals surface area contributed by atoms with Gasteiger partial charge in [-0.25, -0.2) is 0 Å². The van der Waals surface area contributed by atoms with Crippen molar-refractivity contribution in [2.45, 2.75) is 27.3 Å². The van der Waals surface area contributed by atoms with E-state index in [2.05, 4.69) is 32.9 Å². The second kappa shape index (κ2) is 5.67. The van der Waals surface area contributed by atoms with Crippen molar-refractivity contribution < 1.29 is 4.48 Å². The van der Waals surface area contributed by atoms with Crippen LogP contribution in [0.1, 0.15) is 31.9 Å². The minimum Gasteiger partial charge on any atom is -0.321 e. The molecule has 2 heteroatoms. The Labute approximate surface area is 98.7 Å². The fourth-order valence-corrected chi connectivity index (χ4v) is 2.13. The Kier molecular flexibility index (Phi) is 4.52. The molecule has 1 aromatic rings. The van der Waals surface area contributed by atoms with Gasteiger partial charge >= 0.3 is 0 Å². The Balaban J connectivity index is 2.99. The molecule has 0 aliphatic carbocycles. The second-order valence-corrected chi connectivity index (χ2v) is 4.22. The summed E-state index contributed by atoms with van der Waals surface area (Å²) in [5.41, 5.74) is 2.00. The number of nitriles is 1. The summed E-state index contributed by atoms with van der Waals surface area (Å²) >= 11 is 0. The summed E-state index contributed by atoms with van der Waals surface area (Å²) < 4.78 is 1.05. The Morgan fingerprint density at radius 1 is 1.06 bits per heavy atom. The van der Waals surface area contributed by atoms with Gasteiger partial charge in [0.05, 0.1) is 31.3 Å². The first kappa shape index (κ1) is 12.7. The van der Waals surface area contributed by atoms with Crippen molar-refractivity contribution in [2.75, 3.05) is 19.6 Å². The lowest BCUT2D eigenvalue weighted by Crippen LogP contribution is -2.46. The van der Waals surface area contributed by atoms with Gasteiger partial charge in [0.25, 0.3) is 0 Å². The summed E-state index contributed by atoms with van der Waals surface area (Å²) in [7, 11) is 0. The molecule has 1 rings (SSSR count). The van der Waals surface area contributed by atoms with Crippen LogP contribution in [0, 0.1) is 11.3 Å². The molecule has 0 saturated heterocycles. The van der Waals surface area contributed by atoms with Gasteiger partial charge in [0, 0.05) is 5.56 Å². The normalized spacial score (nSPS) is 11.1. The smallest absolute Gasteiger partial charge is 0.106 e. The lowest BCUT2D eigenvalue weighted by atomic mass is 10.1. The van der Waals surface area contributed by atoms with Crippen LogP contribution in [-0.2, 0) is 6.54 Å². The van der Waals surface area contributed by atoms with Crippen LogP contribution >= 0.6 is 0 Å². The molecule has 0 unspecified atom stereocenters. The van der Waals surface area contributed by atoms with Crippen LogP contribution in [0.2, 0.25) is 0 Å². The maximum atomic E-state index is 9.08. The van der Waals surface area contributed by atoms with Crippen molar-refractivity contribution in [3.63, 3.8) is 0 Å². The predicted octanol–water partition coefficient (Wildman–Crippen LogP) is 2.93. The van der Waals surface area contributed by atoms with E-state index in [1.807, 2.05) is 18.2 Å². The fraction of sp³-hybridized carbons (Fsp3) is 0.500. The van der Waals surface area contributed by atoms with Crippen LogP contribution < -0.4 is 0 Å². The van der Waals surface area contributed by atoms with Crippen LogP contribution in [0.25, 0.3) is 0 Å². The van der Waals surface area contributed by atoms with Crippen molar-refractivity contribution in [3.8, 4) is 6.07 Å². The van der Waals surface area contributed by atoms with Crippen molar-refractivity contribution >= 4 is 0 Å². The fourth-order valence-electron chi connectivity index (χ4n) is 2.13. The van der Waals surface area contributed by atoms with Crippen LogP contribution in [-0.4, -0.2) is 24.1 Å². The molecule has 0 atom stereocenters. The Bertz CT molecular complexity index is 364. The van der Waals surface area contributed by atoms with E-state index < -0.39 is 0 Å². The number of benzene rings is 1. The molecule has 86 valence electrons. The molecule has 0 amide bonds. The molecule has 16 heavy (non-hydrogen) atoms. The third kappa shape index (κ3) is 2.62. The minimum atomic E-state index is 0.820. The van der Waals surface area contributed by atoms with Crippen LogP contribution in [0.15, 0.2) is 24.3 Å². The first-order valence-corrected chi connectivity index (χ1v) is 6.04. The van der Waals surface area contributed by atoms with Gasteiger partial charge < -0.3 is 4.48 Å². The van der Waals surface area contributed by atoms with E-state index in [4.69, 9.17) is 5.26 Å². The summed E-state index contributed by atoms with van der Waals surface area (Å²) in [6, 6.07) is 10.2. The molecule has 0 radical (unpaired) electrons. The quantitative estimate of drug-likeness (QED) is 0.696. The van der Waals surface area contributed by atoms with E-state index in [1.165, 1.54) is 5.56 Å². The molecule has 0 spiro atoms. The van der Waals surface area contributed by atoms with Crippen LogP contribution in [0.4, 0.5) is 0 Å². The highest BCUT2D eigenvalue weighted by molar-refractivity contribution is 5.36. The molecule has 0 N–H and O–H groups in total. The predicted molar refractivity (Wildman–Crippen MR) is 66.7 cm³/mol. The van der Waals surface area contributed by atoms with Gasteiger partial charge in [0.15, 0.2) is 0 Å². The third-order valence-corrected chi connectivity index (χ3v) is 3.66. The number of hydrogen-bond acceptors (Lipinski definition) is 1. The largest absolute Gasteiger partial charge is 0.321 e. The third-order valence-electron chi connectivity index (χ3n) is 3.66. The van der Waals surface area contributed by atoms with Gasteiger partial charge in [-0.1, -0.05) is 18.2 Å². The first-order valence-electron chi connectivity index (χ1n) is 6.04. The van der Waals surface area contributed by atoms with Crippen molar-refractivity contribution in [3.05, 3.63) is 35.4 Å². The number of hydrogen-bond donors (Lipinski definition) is 0. The zero-order valence-corrected chi connectivity index (χ0v) is 10.5. The standard InChI is InChI=1S/C14H21N2/c1-4-16(5-2,6-3)12-14-10-8-7-9-13(14)11-15/h7-10H,4-6,12H2,1-3H3/q+1. The molecule has 2 nitrogen and oxygen atoms in total. The summed E-state index contributed by atoms with van der Waals surface area (Å²) in [4.78, 5) is 0. The summed E-state index contributed by atoms with van der Waals surface area (Å²) in [5.74, 6) is 0. The molecule has 0 aromatic heterocycles. The van der Waals surface area contributed by atoms with Gasteiger partial charge in [-0.3, -0.25) is 0 Å². The molecule has 0 aliphatic rings. The Morgan fingerprint density at radius 2 is 1.62 bits per heavy atom. The molecule has 0 saturated carbocycles. The lowest BCUT2D eigenvalue weighted by Gasteiger charge is -2.36. The number of quaternary nitrogens is 1. The molecular formula is C14H21N2+. The van der Waals surface area contributed by atoms with Crippen LogP contribution in [0.3, 0.4) is 0 Å². The average molecular weight is 217 g/mol. The van der Waals surface area contributed by atoms with E-state index in [1.54, 1.807) is 0 Å². The molecule has 0 bridgehead atoms. The van der Waals surface area contributed by atoms with Gasteiger partial charge in [-0.05, 0) is 26.8 Å². The van der Waals surface area contributed by atoms with Gasteiger partial charge in [-0.2, -0.15) is 5.26 Å². The summed E-state index contributed by atoms with van der Waals surface area (Å²) in [6.07, 6.45) is 0. The lowest BCUT2D eigenvalue weighted by molar-refractivity contribution is -0.936. The van der Waals surface area contributed by atoms with Crippen LogP contribution in [0.5, 0.6) is 0 Å². The molecule has 0 fully saturated rings. The van der Waals surface area contributed by atoms with Gasteiger partial charge in [-0.15, -0.1) is 0 Å². The van der Waals surface area contributed by atoms with Crippen molar-refractivity contribution in [1.82, 2.24) is 0 Å². The Hall–Kier alpha value is -1.33. The average Bonchev–Trinajstić information content (AvgIpc) is 2.36. The molecule has 1 aromatic carbocycles. The van der Waals surface area contributed by atoms with E-state index in [9.17, 15) is 0 Å². The topological polar surface area (TPSA) is 23.8 Å². The molecule has 0 aliphatic heterocycles. The van der Waals surface area contributed by atoms with Crippen molar-refractivity contribution in [2.24, 2.45) is 0 Å². The van der Waals surface area contributed by atoms with Crippen molar-refractivity contribution in [1.29, 1.82) is 5.26 Å². The van der Waals surface area contributed by atoms with E-state index in [0.29, 0.717) is 0 Å². The first-order chi connectivity index (χ1) is 7.71. The zero-order chi connectivity index (χ0) is 12.0. The zero-order valence-electron chi connectivity index (χ0n) is 10.5. The monoisotopic (exact) mass is 217 g/mol. The maximum absolute atomic E-state index is 9.08. The summed E-state index contributed by atoms with van der Waals surface area (Å²) in [5, 5.41) is 9.08. The molecule has 0 heterocycles. The number of nitrogens with zero attached hydrogens (tertiary/aromatic N) is 2. The highest BCUT2D eigenvalue weighted by Gasteiger charge is 2.22. The Morgan fingerprint density at radius 3 is 2.12 bits per heavy atom. The van der Waals surface area contributed by atoms with E-state index >= 15 is 0 Å². The summed E-state index contributed by atoms with van der Waals surface area (Å²) in [6.45, 7) is 11.0. The maximum Gasteiger partial charge on any atom is 0.106 e. The molecular weight excluding hydrogens is 196 g/mol. The van der Waals surface area contributed by atoms with Gasteiger partial charge in [0.1, 0.15) is 6.54 Å². The van der Waals surface area contributed by atoms with Gasteiger partial charge in [0.2, 0.25) is 0 Å². The minimum absolute atomic E-state index is 0.820. The van der Waals surface area contributed by atoms with E-state index in [0.717, 1.165) is 36.2 Å². The highest BCUT2D eigenvalue weighted by atomic mass is 15.3. The highest BCUT2D eigenvalue weighted by Crippen LogP contribution is 2.17. The number of rotatable bonds is 5. The SMILES string of the molecule is CC[N+](CC)(CC)Cc1ccccc1C#N.